The van der Waals surface area contributed by atoms with Gasteiger partial charge in [0, 0.05) is 10.9 Å². The van der Waals surface area contributed by atoms with Crippen molar-refractivity contribution in [2.24, 2.45) is 0 Å². The minimum Gasteiger partial charge on any atom is -0.495 e. The number of hydrogen-bond acceptors (Lipinski definition) is 5. The van der Waals surface area contributed by atoms with Gasteiger partial charge in [0.15, 0.2) is 0 Å². The molecule has 0 radical (unpaired) electrons. The largest absolute Gasteiger partial charge is 0.495 e. The van der Waals surface area contributed by atoms with Crippen molar-refractivity contribution in [2.75, 3.05) is 12.4 Å². The van der Waals surface area contributed by atoms with E-state index in [9.17, 15) is 13.2 Å². The monoisotopic (exact) mass is 408 g/mol. The molecule has 1 amide bonds. The average molecular weight is 409 g/mol. The molecule has 27 heavy (non-hydrogen) atoms. The van der Waals surface area contributed by atoms with Gasteiger partial charge >= 0.3 is 0 Å². The van der Waals surface area contributed by atoms with Crippen molar-refractivity contribution < 1.29 is 17.9 Å². The van der Waals surface area contributed by atoms with Gasteiger partial charge in [-0.25, -0.2) is 13.1 Å². The van der Waals surface area contributed by atoms with Crippen LogP contribution >= 0.6 is 11.8 Å². The highest BCUT2D eigenvalue weighted by molar-refractivity contribution is 8.00. The van der Waals surface area contributed by atoms with Gasteiger partial charge in [0.2, 0.25) is 15.9 Å². The van der Waals surface area contributed by atoms with Crippen molar-refractivity contribution in [3.8, 4) is 5.75 Å². The van der Waals surface area contributed by atoms with E-state index in [-0.39, 0.29) is 22.1 Å². The number of hydrogen-bond donors (Lipinski definition) is 2. The molecule has 0 aliphatic heterocycles. The predicted octanol–water partition coefficient (Wildman–Crippen LogP) is 3.50. The molecule has 1 atom stereocenters. The number of thioether (sulfide) groups is 1. The van der Waals surface area contributed by atoms with Gasteiger partial charge in [-0.2, -0.15) is 0 Å². The van der Waals surface area contributed by atoms with Crippen LogP contribution in [0.4, 0.5) is 5.69 Å². The zero-order chi connectivity index (χ0) is 20.0. The summed E-state index contributed by atoms with van der Waals surface area (Å²) in [4.78, 5) is 13.6. The third-order valence-electron chi connectivity index (χ3n) is 3.56. The summed E-state index contributed by atoms with van der Waals surface area (Å²) in [6, 6.07) is 13.7. The molecule has 2 N–H and O–H groups in total. The summed E-state index contributed by atoms with van der Waals surface area (Å²) in [6.45, 7) is 5.28. The second-order valence-electron chi connectivity index (χ2n) is 6.20. The summed E-state index contributed by atoms with van der Waals surface area (Å²) in [7, 11) is -2.21. The molecule has 0 heterocycles. The molecule has 2 aromatic carbocycles. The predicted molar refractivity (Wildman–Crippen MR) is 109 cm³/mol. The summed E-state index contributed by atoms with van der Waals surface area (Å²) in [5.41, 5.74) is 0.314. The molecule has 0 aliphatic carbocycles. The van der Waals surface area contributed by atoms with E-state index in [0.29, 0.717) is 11.4 Å². The molecule has 0 aliphatic rings. The minimum absolute atomic E-state index is 0.0654. The van der Waals surface area contributed by atoms with Crippen molar-refractivity contribution in [2.45, 2.75) is 41.9 Å². The second-order valence-corrected chi connectivity index (χ2v) is 9.33. The number of methoxy groups -OCH3 is 1. The Morgan fingerprint density at radius 1 is 1.07 bits per heavy atom. The summed E-state index contributed by atoms with van der Waals surface area (Å²) < 4.78 is 32.6. The van der Waals surface area contributed by atoms with Crippen LogP contribution in [-0.4, -0.2) is 32.7 Å². The summed E-state index contributed by atoms with van der Waals surface area (Å²) in [6.07, 6.45) is 0. The number of anilines is 1. The topological polar surface area (TPSA) is 84.5 Å². The number of ether oxygens (including phenoxy) is 1. The van der Waals surface area contributed by atoms with Gasteiger partial charge in [0.05, 0.1) is 22.9 Å². The van der Waals surface area contributed by atoms with Crippen LogP contribution in [-0.2, 0) is 14.8 Å². The molecule has 0 unspecified atom stereocenters. The van der Waals surface area contributed by atoms with Crippen LogP contribution in [0.2, 0.25) is 0 Å². The van der Waals surface area contributed by atoms with Crippen LogP contribution in [0.5, 0.6) is 5.75 Å². The van der Waals surface area contributed by atoms with E-state index in [4.69, 9.17) is 4.74 Å². The number of nitrogens with one attached hydrogen (secondary N) is 2. The highest BCUT2D eigenvalue weighted by atomic mass is 32.2. The van der Waals surface area contributed by atoms with Gasteiger partial charge in [0.25, 0.3) is 0 Å². The molecule has 0 fully saturated rings. The van der Waals surface area contributed by atoms with Crippen LogP contribution in [0.25, 0.3) is 0 Å². The van der Waals surface area contributed by atoms with E-state index < -0.39 is 10.0 Å². The Balaban J connectivity index is 2.21. The maximum Gasteiger partial charge on any atom is 0.240 e. The number of sulfonamides is 1. The molecule has 0 aromatic heterocycles. The fourth-order valence-corrected chi connectivity index (χ4v) is 4.49. The Labute approximate surface area is 164 Å². The first-order chi connectivity index (χ1) is 12.7. The second kappa shape index (κ2) is 9.25. The lowest BCUT2D eigenvalue weighted by molar-refractivity contribution is -0.115. The number of carbonyl (C=O) groups is 1. The number of carbonyl (C=O) groups excluding carboxylic acids is 1. The van der Waals surface area contributed by atoms with Gasteiger partial charge in [-0.1, -0.05) is 18.2 Å². The summed E-state index contributed by atoms with van der Waals surface area (Å²) in [5.74, 6) is 0.150. The van der Waals surface area contributed by atoms with Crippen molar-refractivity contribution in [3.63, 3.8) is 0 Å². The van der Waals surface area contributed by atoms with Gasteiger partial charge in [0.1, 0.15) is 5.75 Å². The molecule has 146 valence electrons. The lowest BCUT2D eigenvalue weighted by atomic mass is 10.3. The Morgan fingerprint density at radius 3 is 2.33 bits per heavy atom. The molecule has 0 saturated heterocycles. The van der Waals surface area contributed by atoms with Gasteiger partial charge in [-0.05, 0) is 51.1 Å². The van der Waals surface area contributed by atoms with E-state index in [1.165, 1.54) is 37.1 Å². The summed E-state index contributed by atoms with van der Waals surface area (Å²) >= 11 is 1.42. The van der Waals surface area contributed by atoms with E-state index in [1.54, 1.807) is 20.8 Å². The molecule has 6 nitrogen and oxygen atoms in total. The van der Waals surface area contributed by atoms with E-state index in [0.717, 1.165) is 4.90 Å². The van der Waals surface area contributed by atoms with Crippen LogP contribution in [0.3, 0.4) is 0 Å². The Bertz CT molecular complexity index is 884. The fraction of sp³-hybridized carbons (Fsp3) is 0.316. The lowest BCUT2D eigenvalue weighted by Gasteiger charge is -2.16. The van der Waals surface area contributed by atoms with Crippen molar-refractivity contribution in [1.29, 1.82) is 0 Å². The quantitative estimate of drug-likeness (QED) is 0.653. The van der Waals surface area contributed by atoms with E-state index in [2.05, 4.69) is 10.0 Å². The standard InChI is InChI=1S/C19H24N2O4S2/c1-13(2)21-27(23,24)16-10-11-18(25-4)17(12-16)20-19(22)14(3)26-15-8-6-5-7-9-15/h5-14,21H,1-4H3,(H,20,22)/t14-/m0/s1. The van der Waals surface area contributed by atoms with Crippen LogP contribution in [0, 0.1) is 0 Å². The van der Waals surface area contributed by atoms with E-state index >= 15 is 0 Å². The zero-order valence-corrected chi connectivity index (χ0v) is 17.4. The summed E-state index contributed by atoms with van der Waals surface area (Å²) in [5, 5.41) is 2.40. The highest BCUT2D eigenvalue weighted by Crippen LogP contribution is 2.29. The third kappa shape index (κ3) is 5.98. The normalized spacial score (nSPS) is 12.6. The van der Waals surface area contributed by atoms with Crippen LogP contribution < -0.4 is 14.8 Å². The van der Waals surface area contributed by atoms with Gasteiger partial charge in [-0.3, -0.25) is 4.79 Å². The first kappa shape index (κ1) is 21.3. The van der Waals surface area contributed by atoms with Crippen LogP contribution in [0.1, 0.15) is 20.8 Å². The minimum atomic E-state index is -3.67. The third-order valence-corrected chi connectivity index (χ3v) is 6.32. The molecule has 2 rings (SSSR count). The first-order valence-corrected chi connectivity index (χ1v) is 10.8. The Hall–Kier alpha value is -2.03. The lowest BCUT2D eigenvalue weighted by Crippen LogP contribution is -2.30. The molecule has 0 spiro atoms. The maximum atomic E-state index is 12.6. The van der Waals surface area contributed by atoms with Crippen molar-refractivity contribution in [3.05, 3.63) is 48.5 Å². The Morgan fingerprint density at radius 2 is 1.74 bits per heavy atom. The Kier molecular flexibility index (Phi) is 7.29. The zero-order valence-electron chi connectivity index (χ0n) is 15.7. The molecular formula is C19H24N2O4S2. The molecule has 0 saturated carbocycles. The molecule has 2 aromatic rings. The maximum absolute atomic E-state index is 12.6. The molecule has 0 bridgehead atoms. The molecule has 8 heteroatoms. The fourth-order valence-electron chi connectivity index (χ4n) is 2.32. The SMILES string of the molecule is COc1ccc(S(=O)(=O)NC(C)C)cc1NC(=O)[C@H](C)Sc1ccccc1. The van der Waals surface area contributed by atoms with Crippen molar-refractivity contribution in [1.82, 2.24) is 4.72 Å². The van der Waals surface area contributed by atoms with E-state index in [1.807, 2.05) is 30.3 Å². The smallest absolute Gasteiger partial charge is 0.240 e. The number of rotatable bonds is 8. The number of amides is 1. The number of benzene rings is 2. The highest BCUT2D eigenvalue weighted by Gasteiger charge is 2.20. The van der Waals surface area contributed by atoms with Gasteiger partial charge < -0.3 is 10.1 Å². The van der Waals surface area contributed by atoms with Crippen molar-refractivity contribution >= 4 is 33.4 Å². The molecular weight excluding hydrogens is 384 g/mol. The van der Waals surface area contributed by atoms with Gasteiger partial charge in [-0.15, -0.1) is 11.8 Å². The first-order valence-electron chi connectivity index (χ1n) is 8.46. The van der Waals surface area contributed by atoms with Crippen LogP contribution in [0.15, 0.2) is 58.3 Å². The average Bonchev–Trinajstić information content (AvgIpc) is 2.61.